The van der Waals surface area contributed by atoms with Gasteiger partial charge in [-0.3, -0.25) is 9.59 Å². The first-order valence-corrected chi connectivity index (χ1v) is 10.4. The van der Waals surface area contributed by atoms with E-state index in [4.69, 9.17) is 5.73 Å². The Morgan fingerprint density at radius 3 is 2.68 bits per heavy atom. The van der Waals surface area contributed by atoms with E-state index in [0.29, 0.717) is 25.4 Å². The van der Waals surface area contributed by atoms with Gasteiger partial charge < -0.3 is 16.0 Å². The lowest BCUT2D eigenvalue weighted by molar-refractivity contribution is -0.127. The van der Waals surface area contributed by atoms with Gasteiger partial charge in [0.2, 0.25) is 11.8 Å². The molecule has 3 N–H and O–H groups in total. The van der Waals surface area contributed by atoms with E-state index in [0.717, 1.165) is 17.7 Å². The summed E-state index contributed by atoms with van der Waals surface area (Å²) in [4.78, 5) is 26.4. The number of hydrogen-bond acceptors (Lipinski definition) is 3. The summed E-state index contributed by atoms with van der Waals surface area (Å²) in [5, 5.41) is 2.82. The van der Waals surface area contributed by atoms with E-state index in [-0.39, 0.29) is 17.1 Å². The van der Waals surface area contributed by atoms with Crippen molar-refractivity contribution in [3.8, 4) is 0 Å². The second kappa shape index (κ2) is 8.50. The number of anilines is 1. The van der Waals surface area contributed by atoms with Crippen LogP contribution in [0.3, 0.4) is 0 Å². The minimum atomic E-state index is -0.759. The van der Waals surface area contributed by atoms with Gasteiger partial charge in [0, 0.05) is 30.6 Å². The maximum Gasteiger partial charge on any atom is 0.241 e. The fourth-order valence-corrected chi connectivity index (χ4v) is 4.64. The minimum absolute atomic E-state index is 0.118. The van der Waals surface area contributed by atoms with Crippen LogP contribution in [0.25, 0.3) is 0 Å². The van der Waals surface area contributed by atoms with Gasteiger partial charge in [-0.05, 0) is 36.1 Å². The summed E-state index contributed by atoms with van der Waals surface area (Å²) >= 11 is 0. The van der Waals surface area contributed by atoms with Crippen LogP contribution in [-0.4, -0.2) is 30.9 Å². The number of nitrogens with two attached hydrogens (primary N) is 1. The second-order valence-corrected chi connectivity index (χ2v) is 8.99. The summed E-state index contributed by atoms with van der Waals surface area (Å²) in [6.07, 6.45) is 7.50. The molecule has 0 saturated heterocycles. The molecule has 154 valence electrons. The van der Waals surface area contributed by atoms with Gasteiger partial charge in [0.05, 0.1) is 0 Å². The fourth-order valence-electron chi connectivity index (χ4n) is 4.64. The first-order chi connectivity index (χ1) is 13.3. The molecule has 1 heterocycles. The van der Waals surface area contributed by atoms with Crippen LogP contribution in [0.5, 0.6) is 0 Å². The molecule has 1 aromatic carbocycles. The van der Waals surface area contributed by atoms with Crippen molar-refractivity contribution in [2.45, 2.75) is 70.3 Å². The molecular formula is C22H32FN3O2. The van der Waals surface area contributed by atoms with Crippen molar-refractivity contribution in [2.75, 3.05) is 18.0 Å². The smallest absolute Gasteiger partial charge is 0.241 e. The Morgan fingerprint density at radius 2 is 2.00 bits per heavy atom. The molecule has 1 aliphatic heterocycles. The lowest BCUT2D eigenvalue weighted by atomic mass is 9.86. The summed E-state index contributed by atoms with van der Waals surface area (Å²) in [5.74, 6) is -0.310. The van der Waals surface area contributed by atoms with Gasteiger partial charge in [-0.1, -0.05) is 46.0 Å². The first kappa shape index (κ1) is 20.6. The number of rotatable bonds is 7. The van der Waals surface area contributed by atoms with Crippen molar-refractivity contribution in [1.82, 2.24) is 5.32 Å². The zero-order valence-electron chi connectivity index (χ0n) is 17.0. The molecular weight excluding hydrogens is 357 g/mol. The van der Waals surface area contributed by atoms with E-state index in [1.165, 1.54) is 38.2 Å². The number of fused-ring (bicyclic) bond motifs is 1. The highest BCUT2D eigenvalue weighted by Gasteiger charge is 2.37. The van der Waals surface area contributed by atoms with Crippen LogP contribution in [0, 0.1) is 11.7 Å². The molecule has 6 heteroatoms. The molecule has 28 heavy (non-hydrogen) atoms. The van der Waals surface area contributed by atoms with Crippen molar-refractivity contribution >= 4 is 17.5 Å². The number of carbonyl (C=O) groups is 2. The number of amides is 2. The average Bonchev–Trinajstić information content (AvgIpc) is 2.90. The van der Waals surface area contributed by atoms with Crippen LogP contribution < -0.4 is 16.0 Å². The Hall–Kier alpha value is -2.11. The molecule has 1 saturated carbocycles. The molecule has 0 radical (unpaired) electrons. The largest absolute Gasteiger partial charge is 0.368 e. The van der Waals surface area contributed by atoms with E-state index in [1.807, 2.05) is 18.7 Å². The predicted octanol–water partition coefficient (Wildman–Crippen LogP) is 3.25. The summed E-state index contributed by atoms with van der Waals surface area (Å²) in [6, 6.07) is 3.96. The molecule has 1 aromatic rings. The molecule has 3 rings (SSSR count). The molecule has 1 aliphatic carbocycles. The highest BCUT2D eigenvalue weighted by molar-refractivity contribution is 5.87. The SMILES string of the molecule is CC1(C)CN(C[C@H](NC(=O)CCC2CCCCC2)C(N)=O)c2ccc(F)cc21. The van der Waals surface area contributed by atoms with Crippen LogP contribution in [0.15, 0.2) is 18.2 Å². The van der Waals surface area contributed by atoms with Crippen molar-refractivity contribution in [2.24, 2.45) is 11.7 Å². The van der Waals surface area contributed by atoms with Crippen molar-refractivity contribution in [3.63, 3.8) is 0 Å². The zero-order valence-corrected chi connectivity index (χ0v) is 17.0. The normalized spacial score (nSPS) is 19.9. The summed E-state index contributed by atoms with van der Waals surface area (Å²) in [7, 11) is 0. The first-order valence-electron chi connectivity index (χ1n) is 10.4. The number of benzene rings is 1. The predicted molar refractivity (Wildman–Crippen MR) is 109 cm³/mol. The molecule has 2 amide bonds. The van der Waals surface area contributed by atoms with Crippen molar-refractivity contribution in [1.29, 1.82) is 0 Å². The number of hydrogen-bond donors (Lipinski definition) is 2. The van der Waals surface area contributed by atoms with Gasteiger partial charge >= 0.3 is 0 Å². The van der Waals surface area contributed by atoms with E-state index < -0.39 is 11.9 Å². The van der Waals surface area contributed by atoms with Crippen LogP contribution in [-0.2, 0) is 15.0 Å². The molecule has 0 bridgehead atoms. The summed E-state index contributed by atoms with van der Waals surface area (Å²) < 4.78 is 13.7. The Labute approximate surface area is 166 Å². The maximum absolute atomic E-state index is 13.7. The molecule has 0 aromatic heterocycles. The van der Waals surface area contributed by atoms with E-state index in [1.54, 1.807) is 12.1 Å². The lowest BCUT2D eigenvalue weighted by Gasteiger charge is -2.27. The van der Waals surface area contributed by atoms with Crippen LogP contribution in [0.1, 0.15) is 64.4 Å². The second-order valence-electron chi connectivity index (χ2n) is 8.99. The van der Waals surface area contributed by atoms with E-state index in [2.05, 4.69) is 5.32 Å². The Balaban J connectivity index is 1.61. The zero-order chi connectivity index (χ0) is 20.3. The van der Waals surface area contributed by atoms with Gasteiger partial charge in [-0.2, -0.15) is 0 Å². The Bertz CT molecular complexity index is 728. The highest BCUT2D eigenvalue weighted by Crippen LogP contribution is 2.40. The molecule has 0 spiro atoms. The highest BCUT2D eigenvalue weighted by atomic mass is 19.1. The van der Waals surface area contributed by atoms with E-state index >= 15 is 0 Å². The van der Waals surface area contributed by atoms with Gasteiger partial charge in [-0.15, -0.1) is 0 Å². The quantitative estimate of drug-likeness (QED) is 0.752. The van der Waals surface area contributed by atoms with E-state index in [9.17, 15) is 14.0 Å². The number of nitrogens with one attached hydrogen (secondary N) is 1. The van der Waals surface area contributed by atoms with Crippen molar-refractivity contribution in [3.05, 3.63) is 29.6 Å². The van der Waals surface area contributed by atoms with Crippen molar-refractivity contribution < 1.29 is 14.0 Å². The maximum atomic E-state index is 13.7. The van der Waals surface area contributed by atoms with Gasteiger partial charge in [0.1, 0.15) is 11.9 Å². The Morgan fingerprint density at radius 1 is 1.29 bits per heavy atom. The number of primary amides is 1. The monoisotopic (exact) mass is 389 g/mol. The third-order valence-electron chi connectivity index (χ3n) is 6.20. The minimum Gasteiger partial charge on any atom is -0.368 e. The molecule has 2 aliphatic rings. The molecule has 5 nitrogen and oxygen atoms in total. The molecule has 1 atom stereocenters. The molecule has 1 fully saturated rings. The van der Waals surface area contributed by atoms with Gasteiger partial charge in [0.25, 0.3) is 0 Å². The summed E-state index contributed by atoms with van der Waals surface area (Å²) in [5.41, 5.74) is 7.16. The van der Waals surface area contributed by atoms with Gasteiger partial charge in [-0.25, -0.2) is 4.39 Å². The topological polar surface area (TPSA) is 75.4 Å². The average molecular weight is 390 g/mol. The molecule has 0 unspecified atom stereocenters. The van der Waals surface area contributed by atoms with Crippen LogP contribution >= 0.6 is 0 Å². The lowest BCUT2D eigenvalue weighted by Crippen LogP contribution is -2.51. The third-order valence-corrected chi connectivity index (χ3v) is 6.20. The van der Waals surface area contributed by atoms with Crippen LogP contribution in [0.4, 0.5) is 10.1 Å². The number of halogens is 1. The fraction of sp³-hybridized carbons (Fsp3) is 0.636. The van der Waals surface area contributed by atoms with Crippen LogP contribution in [0.2, 0.25) is 0 Å². The Kier molecular flexibility index (Phi) is 6.26. The van der Waals surface area contributed by atoms with Gasteiger partial charge in [0.15, 0.2) is 0 Å². The summed E-state index contributed by atoms with van der Waals surface area (Å²) in [6.45, 7) is 5.04. The standard InChI is InChI=1S/C22H32FN3O2/c1-22(2)14-26(19-10-9-16(23)12-17(19)22)13-18(21(24)28)25-20(27)11-8-15-6-4-3-5-7-15/h9-10,12,15,18H,3-8,11,13-14H2,1-2H3,(H2,24,28)(H,25,27)/t18-/m0/s1. The number of nitrogens with zero attached hydrogens (tertiary/aromatic N) is 1. The number of carbonyl (C=O) groups excluding carboxylic acids is 2. The third kappa shape index (κ3) is 4.83.